The Kier molecular flexibility index (Phi) is 2.91. The molecule has 1 heterocycles. The lowest BCUT2D eigenvalue weighted by atomic mass is 10.1. The molecule has 0 N–H and O–H groups in total. The first kappa shape index (κ1) is 10.8. The minimum atomic E-state index is 0.119. The fourth-order valence-corrected chi connectivity index (χ4v) is 1.77. The number of halogens is 3. The fraction of sp³-hybridized carbons (Fsp3) is 0.100. The summed E-state index contributed by atoms with van der Waals surface area (Å²) in [5.74, 6) is 0.610. The third-order valence-electron chi connectivity index (χ3n) is 1.95. The molecule has 2 rings (SSSR count). The third kappa shape index (κ3) is 2.12. The van der Waals surface area contributed by atoms with Gasteiger partial charge in [0, 0.05) is 5.56 Å². The Bertz CT molecular complexity index is 507. The highest BCUT2D eigenvalue weighted by Gasteiger charge is 2.11. The Balaban J connectivity index is 2.54. The molecule has 0 amide bonds. The van der Waals surface area contributed by atoms with Gasteiger partial charge in [0.15, 0.2) is 5.76 Å². The Morgan fingerprint density at radius 3 is 2.40 bits per heavy atom. The molecule has 1 aromatic heterocycles. The van der Waals surface area contributed by atoms with Crippen LogP contribution in [0.5, 0.6) is 0 Å². The van der Waals surface area contributed by atoms with Gasteiger partial charge in [-0.05, 0) is 36.7 Å². The van der Waals surface area contributed by atoms with Crippen molar-refractivity contribution in [2.45, 2.75) is 6.92 Å². The lowest BCUT2D eigenvalue weighted by molar-refractivity contribution is 0.573. The average Bonchev–Trinajstić information content (AvgIpc) is 2.50. The normalized spacial score (nSPS) is 10.7. The van der Waals surface area contributed by atoms with Crippen LogP contribution in [0.25, 0.3) is 11.3 Å². The molecule has 0 aliphatic carbocycles. The zero-order valence-corrected chi connectivity index (χ0v) is 9.99. The van der Waals surface area contributed by atoms with Crippen molar-refractivity contribution in [1.82, 2.24) is 4.98 Å². The lowest BCUT2D eigenvalue weighted by Crippen LogP contribution is -1.79. The number of oxazole rings is 1. The number of rotatable bonds is 1. The van der Waals surface area contributed by atoms with Crippen LogP contribution < -0.4 is 0 Å². The van der Waals surface area contributed by atoms with Gasteiger partial charge in [0.1, 0.15) is 0 Å². The molecule has 0 spiro atoms. The number of aromatic nitrogens is 1. The van der Waals surface area contributed by atoms with Gasteiger partial charge in [-0.2, -0.15) is 0 Å². The van der Waals surface area contributed by atoms with Gasteiger partial charge in [-0.15, -0.1) is 0 Å². The lowest BCUT2D eigenvalue weighted by Gasteiger charge is -2.00. The van der Waals surface area contributed by atoms with Crippen LogP contribution in [0.15, 0.2) is 22.6 Å². The van der Waals surface area contributed by atoms with Gasteiger partial charge in [0.2, 0.25) is 0 Å². The van der Waals surface area contributed by atoms with E-state index in [1.807, 2.05) is 6.92 Å². The van der Waals surface area contributed by atoms with Crippen molar-refractivity contribution in [2.24, 2.45) is 0 Å². The van der Waals surface area contributed by atoms with E-state index in [1.54, 1.807) is 18.2 Å². The second kappa shape index (κ2) is 4.05. The minimum absolute atomic E-state index is 0.119. The Hall–Kier alpha value is -0.700. The van der Waals surface area contributed by atoms with Crippen molar-refractivity contribution in [1.29, 1.82) is 0 Å². The van der Waals surface area contributed by atoms with Crippen molar-refractivity contribution in [3.63, 3.8) is 0 Å². The van der Waals surface area contributed by atoms with Crippen molar-refractivity contribution in [3.05, 3.63) is 39.3 Å². The third-order valence-corrected chi connectivity index (χ3v) is 2.85. The predicted octanol–water partition coefficient (Wildman–Crippen LogP) is 4.61. The molecular formula is C10H6Cl3NO. The monoisotopic (exact) mass is 261 g/mol. The van der Waals surface area contributed by atoms with Crippen LogP contribution in [-0.4, -0.2) is 4.98 Å². The van der Waals surface area contributed by atoms with E-state index < -0.39 is 0 Å². The van der Waals surface area contributed by atoms with Gasteiger partial charge in [-0.1, -0.05) is 23.2 Å². The number of aryl methyl sites for hydroxylation is 1. The average molecular weight is 263 g/mol. The van der Waals surface area contributed by atoms with E-state index in [-0.39, 0.29) is 5.35 Å². The summed E-state index contributed by atoms with van der Waals surface area (Å²) in [5, 5.41) is 1.10. The van der Waals surface area contributed by atoms with Gasteiger partial charge in [0.05, 0.1) is 15.7 Å². The van der Waals surface area contributed by atoms with Crippen LogP contribution >= 0.6 is 34.8 Å². The minimum Gasteiger partial charge on any atom is -0.427 e. The number of hydrogen-bond donors (Lipinski definition) is 0. The van der Waals surface area contributed by atoms with E-state index in [9.17, 15) is 0 Å². The first-order valence-corrected chi connectivity index (χ1v) is 5.29. The van der Waals surface area contributed by atoms with E-state index >= 15 is 0 Å². The zero-order valence-electron chi connectivity index (χ0n) is 7.72. The second-order valence-corrected chi connectivity index (χ2v) is 4.15. The molecule has 0 fully saturated rings. The molecular weight excluding hydrogens is 256 g/mol. The summed E-state index contributed by atoms with van der Waals surface area (Å²) >= 11 is 17.4. The second-order valence-electron chi connectivity index (χ2n) is 3.01. The molecule has 0 aliphatic heterocycles. The molecule has 1 aromatic carbocycles. The van der Waals surface area contributed by atoms with E-state index in [1.165, 1.54) is 0 Å². The van der Waals surface area contributed by atoms with Gasteiger partial charge < -0.3 is 4.42 Å². The fourth-order valence-electron chi connectivity index (χ4n) is 1.27. The molecule has 78 valence electrons. The summed E-state index contributed by atoms with van der Waals surface area (Å²) in [7, 11) is 0. The van der Waals surface area contributed by atoms with Gasteiger partial charge >= 0.3 is 0 Å². The Labute approximate surface area is 102 Å². The molecule has 0 radical (unpaired) electrons. The highest BCUT2D eigenvalue weighted by Crippen LogP contribution is 2.31. The van der Waals surface area contributed by atoms with Gasteiger partial charge in [-0.3, -0.25) is 0 Å². The number of nitrogens with zero attached hydrogens (tertiary/aromatic N) is 1. The van der Waals surface area contributed by atoms with Crippen LogP contribution in [0.1, 0.15) is 5.69 Å². The molecule has 0 saturated heterocycles. The SMILES string of the molecule is Cc1nc(Cl)oc1-c1ccc(Cl)c(Cl)c1. The highest BCUT2D eigenvalue weighted by molar-refractivity contribution is 6.42. The highest BCUT2D eigenvalue weighted by atomic mass is 35.5. The summed E-state index contributed by atoms with van der Waals surface area (Å²) in [5.41, 5.74) is 1.53. The van der Waals surface area contributed by atoms with Crippen LogP contribution in [0.4, 0.5) is 0 Å². The van der Waals surface area contributed by atoms with Crippen molar-refractivity contribution in [2.75, 3.05) is 0 Å². The topological polar surface area (TPSA) is 26.0 Å². The van der Waals surface area contributed by atoms with E-state index in [0.29, 0.717) is 15.8 Å². The standard InChI is InChI=1S/C10H6Cl3NO/c1-5-9(15-10(13)14-5)6-2-3-7(11)8(12)4-6/h2-4H,1H3. The quantitative estimate of drug-likeness (QED) is 0.750. The summed E-state index contributed by atoms with van der Waals surface area (Å²) < 4.78 is 5.25. The largest absolute Gasteiger partial charge is 0.427 e. The molecule has 2 nitrogen and oxygen atoms in total. The zero-order chi connectivity index (χ0) is 11.0. The van der Waals surface area contributed by atoms with Crippen LogP contribution in [0.2, 0.25) is 15.4 Å². The number of hydrogen-bond acceptors (Lipinski definition) is 2. The maximum absolute atomic E-state index is 5.90. The van der Waals surface area contributed by atoms with Crippen LogP contribution in [0, 0.1) is 6.92 Å². The maximum atomic E-state index is 5.90. The molecule has 5 heteroatoms. The summed E-state index contributed by atoms with van der Waals surface area (Å²) in [4.78, 5) is 3.96. The Morgan fingerprint density at radius 1 is 1.13 bits per heavy atom. The first-order valence-electron chi connectivity index (χ1n) is 4.16. The predicted molar refractivity (Wildman–Crippen MR) is 61.7 cm³/mol. The van der Waals surface area contributed by atoms with Crippen LogP contribution in [-0.2, 0) is 0 Å². The van der Waals surface area contributed by atoms with E-state index in [2.05, 4.69) is 4.98 Å². The molecule has 0 aliphatic rings. The molecule has 0 bridgehead atoms. The summed E-state index contributed by atoms with van der Waals surface area (Å²) in [6.07, 6.45) is 0. The van der Waals surface area contributed by atoms with Gasteiger partial charge in [-0.25, -0.2) is 4.98 Å². The maximum Gasteiger partial charge on any atom is 0.292 e. The van der Waals surface area contributed by atoms with Crippen molar-refractivity contribution in [3.8, 4) is 11.3 Å². The first-order chi connectivity index (χ1) is 7.08. The summed E-state index contributed by atoms with van der Waals surface area (Å²) in [6.45, 7) is 1.81. The van der Waals surface area contributed by atoms with E-state index in [4.69, 9.17) is 39.2 Å². The molecule has 0 unspecified atom stereocenters. The van der Waals surface area contributed by atoms with Crippen molar-refractivity contribution >= 4 is 34.8 Å². The van der Waals surface area contributed by atoms with E-state index in [0.717, 1.165) is 11.3 Å². The molecule has 0 atom stereocenters. The number of benzene rings is 1. The van der Waals surface area contributed by atoms with Crippen molar-refractivity contribution < 1.29 is 4.42 Å². The molecule has 15 heavy (non-hydrogen) atoms. The Morgan fingerprint density at radius 2 is 1.87 bits per heavy atom. The summed E-state index contributed by atoms with van der Waals surface area (Å²) in [6, 6.07) is 5.22. The molecule has 2 aromatic rings. The van der Waals surface area contributed by atoms with Crippen LogP contribution in [0.3, 0.4) is 0 Å². The smallest absolute Gasteiger partial charge is 0.292 e. The van der Waals surface area contributed by atoms with Gasteiger partial charge in [0.25, 0.3) is 5.35 Å². The molecule has 0 saturated carbocycles.